The van der Waals surface area contributed by atoms with Gasteiger partial charge < -0.3 is 10.6 Å². The van der Waals surface area contributed by atoms with E-state index in [1.165, 1.54) is 4.68 Å². The topological polar surface area (TPSA) is 128 Å². The first-order valence-corrected chi connectivity index (χ1v) is 6.95. The fraction of sp³-hybridized carbons (Fsp3) is 0.385. The highest BCUT2D eigenvalue weighted by Crippen LogP contribution is 2.21. The van der Waals surface area contributed by atoms with Crippen LogP contribution in [-0.2, 0) is 11.3 Å². The van der Waals surface area contributed by atoms with E-state index in [2.05, 4.69) is 25.7 Å². The van der Waals surface area contributed by atoms with Crippen LogP contribution in [0.5, 0.6) is 0 Å². The Bertz CT molecular complexity index is 699. The molecule has 0 aliphatic rings. The van der Waals surface area contributed by atoms with Crippen molar-refractivity contribution in [2.45, 2.75) is 20.4 Å². The number of carbonyl (C=O) groups is 1. The molecule has 0 aliphatic carbocycles. The van der Waals surface area contributed by atoms with Crippen molar-refractivity contribution in [3.05, 3.63) is 40.0 Å². The van der Waals surface area contributed by atoms with Crippen LogP contribution in [0.3, 0.4) is 0 Å². The van der Waals surface area contributed by atoms with Gasteiger partial charge in [0.2, 0.25) is 11.9 Å². The molecule has 2 aromatic heterocycles. The van der Waals surface area contributed by atoms with Crippen molar-refractivity contribution in [1.29, 1.82) is 0 Å². The number of nitro groups is 1. The Kier molecular flexibility index (Phi) is 5.18. The van der Waals surface area contributed by atoms with Gasteiger partial charge in [-0.3, -0.25) is 19.6 Å². The van der Waals surface area contributed by atoms with Crippen molar-refractivity contribution in [2.75, 3.05) is 18.4 Å². The summed E-state index contributed by atoms with van der Waals surface area (Å²) in [6, 6.07) is 1.71. The second-order valence-electron chi connectivity index (χ2n) is 4.78. The summed E-state index contributed by atoms with van der Waals surface area (Å²) in [5.41, 5.74) is 0.599. The van der Waals surface area contributed by atoms with Crippen LogP contribution in [0.15, 0.2) is 18.5 Å². The van der Waals surface area contributed by atoms with Crippen LogP contribution in [0.2, 0.25) is 0 Å². The molecule has 0 atom stereocenters. The largest absolute Gasteiger partial charge is 0.353 e. The van der Waals surface area contributed by atoms with Gasteiger partial charge in [-0.25, -0.2) is 9.97 Å². The number of aromatic nitrogens is 4. The minimum absolute atomic E-state index is 0.0549. The van der Waals surface area contributed by atoms with E-state index in [1.54, 1.807) is 32.3 Å². The van der Waals surface area contributed by atoms with Crippen LogP contribution in [0.4, 0.5) is 11.6 Å². The Labute approximate surface area is 132 Å². The molecule has 10 heteroatoms. The molecule has 2 aromatic rings. The van der Waals surface area contributed by atoms with E-state index in [0.717, 1.165) is 0 Å². The van der Waals surface area contributed by atoms with E-state index >= 15 is 0 Å². The maximum Gasteiger partial charge on any atom is 0.312 e. The molecule has 0 aliphatic heterocycles. The smallest absolute Gasteiger partial charge is 0.312 e. The summed E-state index contributed by atoms with van der Waals surface area (Å²) in [6.45, 7) is 3.89. The van der Waals surface area contributed by atoms with Crippen molar-refractivity contribution in [3.8, 4) is 0 Å². The van der Waals surface area contributed by atoms with Crippen LogP contribution in [-0.4, -0.2) is 43.7 Å². The molecule has 0 radical (unpaired) electrons. The molecule has 2 rings (SSSR count). The second kappa shape index (κ2) is 7.29. The molecule has 23 heavy (non-hydrogen) atoms. The van der Waals surface area contributed by atoms with E-state index < -0.39 is 4.92 Å². The van der Waals surface area contributed by atoms with Gasteiger partial charge in [0, 0.05) is 25.5 Å². The van der Waals surface area contributed by atoms with Crippen molar-refractivity contribution in [2.24, 2.45) is 0 Å². The summed E-state index contributed by atoms with van der Waals surface area (Å²) < 4.78 is 1.33. The maximum absolute atomic E-state index is 11.9. The molecule has 10 nitrogen and oxygen atoms in total. The normalized spacial score (nSPS) is 10.3. The number of nitrogens with zero attached hydrogens (tertiary/aromatic N) is 5. The predicted octanol–water partition coefficient (Wildman–Crippen LogP) is 0.426. The van der Waals surface area contributed by atoms with Gasteiger partial charge in [-0.1, -0.05) is 0 Å². The van der Waals surface area contributed by atoms with Crippen LogP contribution in [0.1, 0.15) is 11.4 Å². The van der Waals surface area contributed by atoms with Gasteiger partial charge in [0.05, 0.1) is 4.92 Å². The second-order valence-corrected chi connectivity index (χ2v) is 4.78. The Morgan fingerprint density at radius 1 is 1.30 bits per heavy atom. The van der Waals surface area contributed by atoms with E-state index in [0.29, 0.717) is 30.4 Å². The first-order valence-electron chi connectivity index (χ1n) is 6.95. The average Bonchev–Trinajstić information content (AvgIpc) is 2.79. The average molecular weight is 319 g/mol. The Morgan fingerprint density at radius 3 is 2.61 bits per heavy atom. The molecule has 0 fully saturated rings. The third kappa shape index (κ3) is 4.22. The van der Waals surface area contributed by atoms with Gasteiger partial charge in [0.25, 0.3) is 0 Å². The summed E-state index contributed by atoms with van der Waals surface area (Å²) in [7, 11) is 0. The molecule has 2 heterocycles. The molecule has 0 aromatic carbocycles. The molecule has 122 valence electrons. The van der Waals surface area contributed by atoms with Gasteiger partial charge >= 0.3 is 5.69 Å². The monoisotopic (exact) mass is 319 g/mol. The van der Waals surface area contributed by atoms with E-state index in [1.807, 2.05) is 0 Å². The standard InChI is InChI=1S/C13H17N7O3/c1-9-12(20(22)23)10(2)19(18-9)8-11(21)14-6-7-17-13-15-4-3-5-16-13/h3-5H,6-8H2,1-2H3,(H,14,21)(H,15,16,17). The predicted molar refractivity (Wildman–Crippen MR) is 81.9 cm³/mol. The Balaban J connectivity index is 1.81. The van der Waals surface area contributed by atoms with Crippen molar-refractivity contribution in [1.82, 2.24) is 25.1 Å². The van der Waals surface area contributed by atoms with Crippen LogP contribution >= 0.6 is 0 Å². The summed E-state index contributed by atoms with van der Waals surface area (Å²) >= 11 is 0. The number of hydrogen-bond acceptors (Lipinski definition) is 7. The SMILES string of the molecule is Cc1nn(CC(=O)NCCNc2ncccn2)c(C)c1[N+](=O)[O-]. The first-order chi connectivity index (χ1) is 11.0. The van der Waals surface area contributed by atoms with Crippen molar-refractivity contribution >= 4 is 17.5 Å². The lowest BCUT2D eigenvalue weighted by molar-refractivity contribution is -0.386. The van der Waals surface area contributed by atoms with Crippen LogP contribution in [0, 0.1) is 24.0 Å². The number of amides is 1. The fourth-order valence-corrected chi connectivity index (χ4v) is 2.06. The lowest BCUT2D eigenvalue weighted by atomic mass is 10.3. The van der Waals surface area contributed by atoms with Gasteiger partial charge in [-0.15, -0.1) is 0 Å². The molecule has 0 bridgehead atoms. The molecule has 1 amide bonds. The maximum atomic E-state index is 11.9. The summed E-state index contributed by atoms with van der Waals surface area (Å²) in [5, 5.41) is 20.6. The molecule has 0 saturated carbocycles. The Morgan fingerprint density at radius 2 is 2.00 bits per heavy atom. The third-order valence-electron chi connectivity index (χ3n) is 3.12. The number of aryl methyl sites for hydroxylation is 1. The summed E-state index contributed by atoms with van der Waals surface area (Å²) in [5.74, 6) is 0.206. The fourth-order valence-electron chi connectivity index (χ4n) is 2.06. The molecule has 2 N–H and O–H groups in total. The number of rotatable bonds is 7. The Hall–Kier alpha value is -3.04. The third-order valence-corrected chi connectivity index (χ3v) is 3.12. The van der Waals surface area contributed by atoms with Crippen LogP contribution in [0.25, 0.3) is 0 Å². The number of nitrogens with one attached hydrogen (secondary N) is 2. The van der Waals surface area contributed by atoms with Crippen molar-refractivity contribution in [3.63, 3.8) is 0 Å². The zero-order chi connectivity index (χ0) is 16.8. The zero-order valence-electron chi connectivity index (χ0n) is 12.8. The molecule has 0 saturated heterocycles. The van der Waals surface area contributed by atoms with Crippen molar-refractivity contribution < 1.29 is 9.72 Å². The summed E-state index contributed by atoms with van der Waals surface area (Å²) in [4.78, 5) is 30.3. The molecular formula is C13H17N7O3. The van der Waals surface area contributed by atoms with Gasteiger partial charge in [0.1, 0.15) is 17.9 Å². The molecule has 0 spiro atoms. The minimum atomic E-state index is -0.490. The first kappa shape index (κ1) is 16.3. The number of anilines is 1. The van der Waals surface area contributed by atoms with Gasteiger partial charge in [0.15, 0.2) is 0 Å². The molecule has 0 unspecified atom stereocenters. The lowest BCUT2D eigenvalue weighted by Crippen LogP contribution is -2.32. The van der Waals surface area contributed by atoms with Gasteiger partial charge in [-0.2, -0.15) is 5.10 Å². The molecular weight excluding hydrogens is 302 g/mol. The van der Waals surface area contributed by atoms with Gasteiger partial charge in [-0.05, 0) is 19.9 Å². The quantitative estimate of drug-likeness (QED) is 0.430. The zero-order valence-corrected chi connectivity index (χ0v) is 12.8. The van der Waals surface area contributed by atoms with E-state index in [4.69, 9.17) is 0 Å². The highest BCUT2D eigenvalue weighted by Gasteiger charge is 2.22. The lowest BCUT2D eigenvalue weighted by Gasteiger charge is -2.07. The number of carbonyl (C=O) groups excluding carboxylic acids is 1. The minimum Gasteiger partial charge on any atom is -0.353 e. The summed E-state index contributed by atoms with van der Waals surface area (Å²) in [6.07, 6.45) is 3.23. The highest BCUT2D eigenvalue weighted by atomic mass is 16.6. The van der Waals surface area contributed by atoms with E-state index in [-0.39, 0.29) is 18.1 Å². The van der Waals surface area contributed by atoms with Crippen LogP contribution < -0.4 is 10.6 Å². The number of hydrogen-bond donors (Lipinski definition) is 2. The van der Waals surface area contributed by atoms with E-state index in [9.17, 15) is 14.9 Å². The highest BCUT2D eigenvalue weighted by molar-refractivity contribution is 5.75.